The molecule has 1 heterocycles. The van der Waals surface area contributed by atoms with E-state index in [1.165, 1.54) is 0 Å². The molecule has 356 valence electrons. The Bertz CT molecular complexity index is 2700. The van der Waals surface area contributed by atoms with Crippen LogP contribution in [-0.4, -0.2) is 36.8 Å². The molecule has 0 fully saturated rings. The number of rotatable bonds is 25. The SMILES string of the molecule is C=CCC/C=C(\C)P(=O)(C[C@H](CCc1ccc(C(C)(CC)c2ccc(OC[C@H](CCP3(=O)Oc4ccccc4-c4ccccc43)OC(=O)C(=C)C)cc2)cc1)CC(=O)C(=C)C)Oc1ccccc1. The van der Waals surface area contributed by atoms with E-state index < -0.39 is 26.8 Å². The number of carbonyl (C=O) groups excluding carboxylic acids is 2. The van der Waals surface area contributed by atoms with Crippen LogP contribution in [0.1, 0.15) is 89.8 Å². The summed E-state index contributed by atoms with van der Waals surface area (Å²) >= 11 is 0. The number of benzene rings is 5. The molecule has 3 unspecified atom stereocenters. The van der Waals surface area contributed by atoms with Gasteiger partial charge in [0.2, 0.25) is 0 Å². The van der Waals surface area contributed by atoms with E-state index in [0.717, 1.165) is 40.7 Å². The van der Waals surface area contributed by atoms with Crippen LogP contribution in [0.3, 0.4) is 0 Å². The van der Waals surface area contributed by atoms with Crippen LogP contribution in [0.15, 0.2) is 176 Å². The molecule has 1 aliphatic rings. The van der Waals surface area contributed by atoms with Gasteiger partial charge in [-0.25, -0.2) is 4.79 Å². The summed E-state index contributed by atoms with van der Waals surface area (Å²) in [5.74, 6) is 0.953. The molecule has 0 saturated carbocycles. The van der Waals surface area contributed by atoms with E-state index in [0.29, 0.717) is 52.7 Å². The van der Waals surface area contributed by atoms with Crippen LogP contribution in [0.25, 0.3) is 11.1 Å². The lowest BCUT2D eigenvalue weighted by Crippen LogP contribution is -2.28. The Labute approximate surface area is 404 Å². The van der Waals surface area contributed by atoms with Crippen LogP contribution in [-0.2, 0) is 35.3 Å². The number of carbonyl (C=O) groups is 2. The Hall–Kier alpha value is -5.94. The third kappa shape index (κ3) is 13.0. The summed E-state index contributed by atoms with van der Waals surface area (Å²) < 4.78 is 53.9. The van der Waals surface area contributed by atoms with Gasteiger partial charge in [-0.1, -0.05) is 130 Å². The number of unbranched alkanes of at least 4 members (excludes halogenated alkanes) is 1. The van der Waals surface area contributed by atoms with Crippen molar-refractivity contribution < 1.29 is 37.2 Å². The maximum absolute atomic E-state index is 14.8. The maximum Gasteiger partial charge on any atom is 0.333 e. The van der Waals surface area contributed by atoms with E-state index in [4.69, 9.17) is 18.5 Å². The first-order valence-electron chi connectivity index (χ1n) is 23.5. The number of ether oxygens (including phenoxy) is 2. The Morgan fingerprint density at radius 1 is 0.779 bits per heavy atom. The molecule has 1 aliphatic heterocycles. The minimum Gasteiger partial charge on any atom is -0.490 e. The number of aryl methyl sites for hydroxylation is 1. The molecule has 0 bridgehead atoms. The number of ketones is 1. The zero-order chi connectivity index (χ0) is 48.9. The van der Waals surface area contributed by atoms with Gasteiger partial charge < -0.3 is 18.5 Å². The summed E-state index contributed by atoms with van der Waals surface area (Å²) in [6.07, 6.45) is 7.64. The van der Waals surface area contributed by atoms with Crippen LogP contribution < -0.4 is 19.1 Å². The van der Waals surface area contributed by atoms with Crippen LogP contribution in [0.4, 0.5) is 0 Å². The Kier molecular flexibility index (Phi) is 17.7. The fourth-order valence-corrected chi connectivity index (χ4v) is 13.2. The van der Waals surface area contributed by atoms with Crippen molar-refractivity contribution in [1.29, 1.82) is 0 Å². The third-order valence-electron chi connectivity index (χ3n) is 12.9. The monoisotopic (exact) mass is 952 g/mol. The number of fused-ring (bicyclic) bond motifs is 3. The van der Waals surface area contributed by atoms with Gasteiger partial charge in [0.25, 0.3) is 14.7 Å². The van der Waals surface area contributed by atoms with E-state index in [-0.39, 0.29) is 54.5 Å². The Balaban J connectivity index is 1.13. The molecule has 0 aliphatic carbocycles. The van der Waals surface area contributed by atoms with Gasteiger partial charge in [0.05, 0.1) is 5.30 Å². The quantitative estimate of drug-likeness (QED) is 0.0187. The second-order valence-electron chi connectivity index (χ2n) is 18.1. The molecule has 10 heteroatoms. The predicted octanol–water partition coefficient (Wildman–Crippen LogP) is 14.6. The minimum atomic E-state index is -3.36. The second-order valence-corrected chi connectivity index (χ2v) is 23.2. The largest absolute Gasteiger partial charge is 0.490 e. The van der Waals surface area contributed by atoms with Gasteiger partial charge in [0, 0.05) is 40.6 Å². The number of esters is 1. The average molecular weight is 953 g/mol. The molecule has 68 heavy (non-hydrogen) atoms. The minimum absolute atomic E-state index is 0.0348. The molecule has 0 spiro atoms. The maximum atomic E-state index is 14.8. The summed E-state index contributed by atoms with van der Waals surface area (Å²) in [6, 6.07) is 41.1. The molecule has 0 aromatic heterocycles. The van der Waals surface area contributed by atoms with Gasteiger partial charge in [-0.05, 0) is 129 Å². The van der Waals surface area contributed by atoms with Crippen LogP contribution in [0, 0.1) is 5.92 Å². The molecular weight excluding hydrogens is 887 g/mol. The fourth-order valence-electron chi connectivity index (χ4n) is 8.46. The number of hydrogen-bond acceptors (Lipinski definition) is 8. The standard InChI is InChI=1S/C58H66O8P2/c1-9-11-13-20-44(7)68(62,65-50-21-14-12-15-22-50)41-46(39-54(59)42(3)4)28-27-45-29-31-47(32-30-45)58(8,10-2)48-33-35-49(36-34-48)63-40-51(64-57(60)43(5)6)37-38-67(61)56-26-19-17-24-53(56)52-23-16-18-25-55(52)66-67/h9,12,14-26,29-36,46,51H,1,3,5,10-11,13,27-28,37-41H2,2,4,6-8H3/b44-20+/t46-,51+,58?,67?,68?/m1/s1. The lowest BCUT2D eigenvalue weighted by atomic mass is 9.74. The van der Waals surface area contributed by atoms with Gasteiger partial charge >= 0.3 is 5.97 Å². The number of hydrogen-bond donors (Lipinski definition) is 0. The van der Waals surface area contributed by atoms with Crippen LogP contribution in [0.5, 0.6) is 17.2 Å². The highest BCUT2D eigenvalue weighted by molar-refractivity contribution is 7.67. The van der Waals surface area contributed by atoms with E-state index in [9.17, 15) is 18.7 Å². The number of Topliss-reactive ketones (excluding diaryl/α,β-unsaturated/α-hetero) is 1. The predicted molar refractivity (Wildman–Crippen MR) is 278 cm³/mol. The van der Waals surface area contributed by atoms with Gasteiger partial charge in [-0.3, -0.25) is 13.9 Å². The van der Waals surface area contributed by atoms with Crippen molar-refractivity contribution in [3.63, 3.8) is 0 Å². The topological polar surface area (TPSA) is 105 Å². The number of allylic oxidation sites excluding steroid dienone is 4. The molecule has 8 nitrogen and oxygen atoms in total. The van der Waals surface area contributed by atoms with Crippen molar-refractivity contribution in [2.75, 3.05) is 18.9 Å². The number of para-hydroxylation sites is 2. The highest BCUT2D eigenvalue weighted by Crippen LogP contribution is 2.57. The Morgan fingerprint density at radius 2 is 1.41 bits per heavy atom. The lowest BCUT2D eigenvalue weighted by molar-refractivity contribution is -0.145. The van der Waals surface area contributed by atoms with Gasteiger partial charge in [-0.2, -0.15) is 0 Å². The first-order chi connectivity index (χ1) is 32.6. The molecule has 5 aromatic rings. The summed E-state index contributed by atoms with van der Waals surface area (Å²) in [5, 5.41) is 1.35. The van der Waals surface area contributed by atoms with Crippen molar-refractivity contribution in [3.8, 4) is 28.4 Å². The highest BCUT2D eigenvalue weighted by atomic mass is 31.2. The molecule has 5 aromatic carbocycles. The summed E-state index contributed by atoms with van der Waals surface area (Å²) in [4.78, 5) is 25.9. The van der Waals surface area contributed by atoms with Crippen LogP contribution >= 0.6 is 14.7 Å². The molecule has 0 radical (unpaired) electrons. The van der Waals surface area contributed by atoms with Crippen molar-refractivity contribution in [2.45, 2.75) is 91.1 Å². The van der Waals surface area contributed by atoms with Crippen molar-refractivity contribution in [2.24, 2.45) is 5.92 Å². The van der Waals surface area contributed by atoms with Crippen molar-refractivity contribution in [3.05, 3.63) is 192 Å². The van der Waals surface area contributed by atoms with Crippen LogP contribution in [0.2, 0.25) is 0 Å². The Morgan fingerprint density at radius 3 is 2.06 bits per heavy atom. The summed E-state index contributed by atoms with van der Waals surface area (Å²) in [7, 11) is -6.72. The smallest absolute Gasteiger partial charge is 0.333 e. The van der Waals surface area contributed by atoms with Gasteiger partial charge in [0.1, 0.15) is 30.0 Å². The normalized spacial score (nSPS) is 16.8. The van der Waals surface area contributed by atoms with E-state index >= 15 is 0 Å². The first kappa shape index (κ1) is 51.5. The van der Waals surface area contributed by atoms with Gasteiger partial charge in [0.15, 0.2) is 5.78 Å². The van der Waals surface area contributed by atoms with E-state index in [2.05, 4.69) is 70.0 Å². The van der Waals surface area contributed by atoms with Crippen molar-refractivity contribution >= 4 is 31.8 Å². The average Bonchev–Trinajstić information content (AvgIpc) is 3.34. The molecule has 6 rings (SSSR count). The van der Waals surface area contributed by atoms with E-state index in [1.54, 1.807) is 13.8 Å². The summed E-state index contributed by atoms with van der Waals surface area (Å²) in [6.45, 7) is 21.1. The van der Waals surface area contributed by atoms with Gasteiger partial charge in [-0.15, -0.1) is 6.58 Å². The zero-order valence-electron chi connectivity index (χ0n) is 40.3. The fraction of sp³-hybridized carbons (Fsp3) is 0.310. The highest BCUT2D eigenvalue weighted by Gasteiger charge is 2.37. The zero-order valence-corrected chi connectivity index (χ0v) is 42.1. The lowest BCUT2D eigenvalue weighted by Gasteiger charge is -2.30. The summed E-state index contributed by atoms with van der Waals surface area (Å²) in [5.41, 5.74) is 5.60. The molecular formula is C58H66O8P2. The first-order valence-corrected chi connectivity index (χ1v) is 27.2. The molecule has 0 saturated heterocycles. The second kappa shape index (κ2) is 23.4. The molecule has 0 N–H and O–H groups in total. The van der Waals surface area contributed by atoms with E-state index in [1.807, 2.05) is 110 Å². The molecule has 5 atom stereocenters. The third-order valence-corrected chi connectivity index (χ3v) is 18.1. The molecule has 0 amide bonds. The van der Waals surface area contributed by atoms with Crippen molar-refractivity contribution in [1.82, 2.24) is 0 Å².